The van der Waals surface area contributed by atoms with Crippen LogP contribution in [0.15, 0.2) is 24.3 Å². The maximum atomic E-state index is 13.0. The number of amides is 2. The molecule has 3 N–H and O–H groups in total. The number of hydrogen-bond donors (Lipinski definition) is 3. The number of carbonyl (C=O) groups is 1. The average Bonchev–Trinajstić information content (AvgIpc) is 3.22. The fourth-order valence-corrected chi connectivity index (χ4v) is 3.64. The number of anilines is 1. The van der Waals surface area contributed by atoms with Gasteiger partial charge in [-0.2, -0.15) is 0 Å². The summed E-state index contributed by atoms with van der Waals surface area (Å²) in [4.78, 5) is 14.1. The molecule has 0 radical (unpaired) electrons. The molecule has 132 valence electrons. The molecule has 2 amide bonds. The molecule has 24 heavy (non-hydrogen) atoms. The van der Waals surface area contributed by atoms with Crippen molar-refractivity contribution in [3.05, 3.63) is 30.1 Å². The van der Waals surface area contributed by atoms with Gasteiger partial charge in [-0.25, -0.2) is 9.18 Å². The number of halogens is 1. The van der Waals surface area contributed by atoms with Crippen molar-refractivity contribution in [3.8, 4) is 0 Å². The summed E-state index contributed by atoms with van der Waals surface area (Å²) in [7, 11) is 0. The summed E-state index contributed by atoms with van der Waals surface area (Å²) >= 11 is 0. The molecule has 1 heterocycles. The Bertz CT molecular complexity index is 558. The smallest absolute Gasteiger partial charge is 0.314 e. The van der Waals surface area contributed by atoms with Crippen LogP contribution in [-0.4, -0.2) is 42.9 Å². The average molecular weight is 335 g/mol. The third-order valence-electron chi connectivity index (χ3n) is 5.14. The summed E-state index contributed by atoms with van der Waals surface area (Å²) in [6, 6.07) is 6.32. The molecule has 0 bridgehead atoms. The summed E-state index contributed by atoms with van der Waals surface area (Å²) in [6.45, 7) is 2.71. The van der Waals surface area contributed by atoms with Gasteiger partial charge in [-0.15, -0.1) is 0 Å². The first kappa shape index (κ1) is 17.0. The Hall–Kier alpha value is -1.82. The highest BCUT2D eigenvalue weighted by Gasteiger charge is 2.31. The van der Waals surface area contributed by atoms with Crippen LogP contribution in [0.3, 0.4) is 0 Å². The molecule has 1 atom stereocenters. The molecule has 3 rings (SSSR count). The van der Waals surface area contributed by atoms with Crippen molar-refractivity contribution in [1.82, 2.24) is 10.6 Å². The van der Waals surface area contributed by atoms with Gasteiger partial charge in [0.2, 0.25) is 0 Å². The van der Waals surface area contributed by atoms with Crippen molar-refractivity contribution >= 4 is 11.7 Å². The van der Waals surface area contributed by atoms with E-state index in [1.54, 1.807) is 12.1 Å². The zero-order valence-corrected chi connectivity index (χ0v) is 13.9. The summed E-state index contributed by atoms with van der Waals surface area (Å²) in [6.07, 6.45) is 4.59. The third kappa shape index (κ3) is 4.38. The van der Waals surface area contributed by atoms with Crippen LogP contribution in [0.4, 0.5) is 14.9 Å². The molecule has 5 nitrogen and oxygen atoms in total. The maximum Gasteiger partial charge on any atom is 0.314 e. The highest BCUT2D eigenvalue weighted by molar-refractivity contribution is 5.73. The number of nitrogens with zero attached hydrogens (tertiary/aromatic N) is 1. The van der Waals surface area contributed by atoms with Crippen molar-refractivity contribution < 1.29 is 14.3 Å². The van der Waals surface area contributed by atoms with E-state index in [0.29, 0.717) is 19.0 Å². The van der Waals surface area contributed by atoms with Gasteiger partial charge in [0.25, 0.3) is 0 Å². The van der Waals surface area contributed by atoms with E-state index in [4.69, 9.17) is 0 Å². The normalized spacial score (nSPS) is 22.6. The predicted molar refractivity (Wildman–Crippen MR) is 91.5 cm³/mol. The molecule has 1 saturated heterocycles. The van der Waals surface area contributed by atoms with E-state index in [2.05, 4.69) is 15.5 Å². The van der Waals surface area contributed by atoms with Gasteiger partial charge in [0.05, 0.1) is 5.60 Å². The number of urea groups is 1. The Kier molecular flexibility index (Phi) is 5.23. The minimum atomic E-state index is -0.718. The van der Waals surface area contributed by atoms with Crippen molar-refractivity contribution in [2.45, 2.75) is 37.7 Å². The standard InChI is InChI=1S/C18H26FN3O2/c19-15-3-5-16(6-4-15)22-10-7-14(12-22)11-20-17(23)21-13-18(24)8-1-2-9-18/h3-6,14,24H,1-2,7-13H2,(H2,20,21,23). The molecule has 1 saturated carbocycles. The first-order valence-corrected chi connectivity index (χ1v) is 8.79. The summed E-state index contributed by atoms with van der Waals surface area (Å²) in [5.41, 5.74) is 0.302. The topological polar surface area (TPSA) is 64.6 Å². The summed E-state index contributed by atoms with van der Waals surface area (Å²) in [5, 5.41) is 15.9. The zero-order valence-electron chi connectivity index (χ0n) is 13.9. The monoisotopic (exact) mass is 335 g/mol. The molecule has 1 aliphatic heterocycles. The number of hydrogen-bond acceptors (Lipinski definition) is 3. The second kappa shape index (κ2) is 7.38. The number of carbonyl (C=O) groups excluding carboxylic acids is 1. The SMILES string of the molecule is O=C(NCC1CCN(c2ccc(F)cc2)C1)NCC1(O)CCCC1. The second-order valence-corrected chi connectivity index (χ2v) is 7.07. The lowest BCUT2D eigenvalue weighted by atomic mass is 10.0. The lowest BCUT2D eigenvalue weighted by Gasteiger charge is -2.23. The number of aliphatic hydroxyl groups is 1. The lowest BCUT2D eigenvalue weighted by molar-refractivity contribution is 0.0501. The maximum absolute atomic E-state index is 13.0. The molecule has 1 aromatic carbocycles. The highest BCUT2D eigenvalue weighted by atomic mass is 19.1. The third-order valence-corrected chi connectivity index (χ3v) is 5.14. The van der Waals surface area contributed by atoms with Gasteiger partial charge in [0.15, 0.2) is 0 Å². The van der Waals surface area contributed by atoms with Gasteiger partial charge >= 0.3 is 6.03 Å². The van der Waals surface area contributed by atoms with E-state index < -0.39 is 5.60 Å². The minimum Gasteiger partial charge on any atom is -0.388 e. The van der Waals surface area contributed by atoms with Crippen molar-refractivity contribution in [3.63, 3.8) is 0 Å². The number of rotatable bonds is 5. The van der Waals surface area contributed by atoms with Gasteiger partial charge in [0.1, 0.15) is 5.82 Å². The molecule has 2 fully saturated rings. The number of benzene rings is 1. The van der Waals surface area contributed by atoms with E-state index in [0.717, 1.165) is 50.9 Å². The minimum absolute atomic E-state index is 0.212. The van der Waals surface area contributed by atoms with Crippen LogP contribution in [0.1, 0.15) is 32.1 Å². The Morgan fingerprint density at radius 1 is 1.25 bits per heavy atom. The first-order chi connectivity index (χ1) is 11.5. The van der Waals surface area contributed by atoms with Crippen LogP contribution < -0.4 is 15.5 Å². The van der Waals surface area contributed by atoms with E-state index in [1.165, 1.54) is 12.1 Å². The van der Waals surface area contributed by atoms with Crippen molar-refractivity contribution in [2.75, 3.05) is 31.1 Å². The van der Waals surface area contributed by atoms with Gasteiger partial charge < -0.3 is 20.6 Å². The molecule has 0 spiro atoms. The second-order valence-electron chi connectivity index (χ2n) is 7.07. The molecule has 1 aromatic rings. The molecule has 1 aliphatic carbocycles. The predicted octanol–water partition coefficient (Wildman–Crippen LogP) is 2.26. The fourth-order valence-electron chi connectivity index (χ4n) is 3.64. The Morgan fingerprint density at radius 3 is 2.67 bits per heavy atom. The van der Waals surface area contributed by atoms with Gasteiger partial charge in [-0.1, -0.05) is 12.8 Å². The molecule has 2 aliphatic rings. The van der Waals surface area contributed by atoms with Gasteiger partial charge in [0, 0.05) is 31.9 Å². The van der Waals surface area contributed by atoms with E-state index >= 15 is 0 Å². The fraction of sp³-hybridized carbons (Fsp3) is 0.611. The summed E-state index contributed by atoms with van der Waals surface area (Å²) in [5.74, 6) is 0.159. The molecule has 6 heteroatoms. The van der Waals surface area contributed by atoms with Crippen LogP contribution in [0.2, 0.25) is 0 Å². The Labute approximate surface area is 142 Å². The van der Waals surface area contributed by atoms with E-state index in [-0.39, 0.29) is 11.8 Å². The number of nitrogens with one attached hydrogen (secondary N) is 2. The van der Waals surface area contributed by atoms with Crippen molar-refractivity contribution in [2.24, 2.45) is 5.92 Å². The Morgan fingerprint density at radius 2 is 1.96 bits per heavy atom. The quantitative estimate of drug-likeness (QED) is 0.773. The Balaban J connectivity index is 1.38. The van der Waals surface area contributed by atoms with Crippen molar-refractivity contribution in [1.29, 1.82) is 0 Å². The molecular weight excluding hydrogens is 309 g/mol. The van der Waals surface area contributed by atoms with Gasteiger partial charge in [-0.05, 0) is 49.4 Å². The zero-order chi connectivity index (χ0) is 17.0. The molecule has 1 unspecified atom stereocenters. The highest BCUT2D eigenvalue weighted by Crippen LogP contribution is 2.28. The van der Waals surface area contributed by atoms with E-state index in [9.17, 15) is 14.3 Å². The van der Waals surface area contributed by atoms with Gasteiger partial charge in [-0.3, -0.25) is 0 Å². The lowest BCUT2D eigenvalue weighted by Crippen LogP contribution is -2.46. The van der Waals surface area contributed by atoms with Crippen LogP contribution in [0.25, 0.3) is 0 Å². The van der Waals surface area contributed by atoms with Crippen LogP contribution in [-0.2, 0) is 0 Å². The molecular formula is C18H26FN3O2. The summed E-state index contributed by atoms with van der Waals surface area (Å²) < 4.78 is 13.0. The van der Waals surface area contributed by atoms with Crippen LogP contribution in [0, 0.1) is 11.7 Å². The molecule has 0 aromatic heterocycles. The van der Waals surface area contributed by atoms with Crippen LogP contribution >= 0.6 is 0 Å². The van der Waals surface area contributed by atoms with E-state index in [1.807, 2.05) is 0 Å². The largest absolute Gasteiger partial charge is 0.388 e. The first-order valence-electron chi connectivity index (χ1n) is 8.79. The van der Waals surface area contributed by atoms with Crippen LogP contribution in [0.5, 0.6) is 0 Å².